The van der Waals surface area contributed by atoms with Crippen molar-refractivity contribution in [3.63, 3.8) is 0 Å². The quantitative estimate of drug-likeness (QED) is 0.906. The van der Waals surface area contributed by atoms with Gasteiger partial charge in [-0.3, -0.25) is 9.59 Å². The normalized spacial score (nSPS) is 21.3. The molecule has 0 aliphatic carbocycles. The predicted octanol–water partition coefficient (Wildman–Crippen LogP) is 2.73. The zero-order valence-electron chi connectivity index (χ0n) is 14.0. The average Bonchev–Trinajstić information content (AvgIpc) is 2.48. The Kier molecular flexibility index (Phi) is 5.29. The molecule has 1 saturated heterocycles. The van der Waals surface area contributed by atoms with Crippen LogP contribution in [0.2, 0.25) is 0 Å². The highest BCUT2D eigenvalue weighted by molar-refractivity contribution is 5.81. The van der Waals surface area contributed by atoms with Crippen molar-refractivity contribution in [2.24, 2.45) is 5.41 Å². The van der Waals surface area contributed by atoms with Gasteiger partial charge in [-0.1, -0.05) is 18.2 Å². The molecule has 1 N–H and O–H groups in total. The molecule has 1 unspecified atom stereocenters. The van der Waals surface area contributed by atoms with Gasteiger partial charge in [-0.25, -0.2) is 0 Å². The molecule has 1 aromatic carbocycles. The number of amides is 1. The van der Waals surface area contributed by atoms with Crippen molar-refractivity contribution in [1.29, 1.82) is 0 Å². The van der Waals surface area contributed by atoms with Crippen LogP contribution in [0.15, 0.2) is 24.3 Å². The van der Waals surface area contributed by atoms with Gasteiger partial charge < -0.3 is 14.7 Å². The molecule has 1 aromatic rings. The Morgan fingerprint density at radius 2 is 2.04 bits per heavy atom. The Bertz CT molecular complexity index is 584. The Morgan fingerprint density at radius 3 is 2.70 bits per heavy atom. The third-order valence-corrected chi connectivity index (χ3v) is 4.24. The van der Waals surface area contributed by atoms with Crippen molar-refractivity contribution in [3.8, 4) is 5.75 Å². The molecule has 1 atom stereocenters. The summed E-state index contributed by atoms with van der Waals surface area (Å²) in [6.45, 7) is 6.50. The van der Waals surface area contributed by atoms with E-state index in [1.165, 1.54) is 0 Å². The minimum absolute atomic E-state index is 0.0385. The van der Waals surface area contributed by atoms with E-state index in [0.717, 1.165) is 12.0 Å². The summed E-state index contributed by atoms with van der Waals surface area (Å²) < 4.78 is 5.75. The molecule has 1 amide bonds. The minimum Gasteiger partial charge on any atom is -0.491 e. The lowest BCUT2D eigenvalue weighted by atomic mass is 9.82. The van der Waals surface area contributed by atoms with E-state index in [1.807, 2.05) is 38.1 Å². The van der Waals surface area contributed by atoms with E-state index in [4.69, 9.17) is 4.74 Å². The van der Waals surface area contributed by atoms with Gasteiger partial charge in [0.15, 0.2) is 0 Å². The van der Waals surface area contributed by atoms with Crippen LogP contribution in [0.25, 0.3) is 0 Å². The van der Waals surface area contributed by atoms with Gasteiger partial charge >= 0.3 is 5.97 Å². The van der Waals surface area contributed by atoms with E-state index < -0.39 is 11.4 Å². The molecular weight excluding hydrogens is 294 g/mol. The number of carbonyl (C=O) groups is 2. The van der Waals surface area contributed by atoms with Crippen LogP contribution >= 0.6 is 0 Å². The molecule has 0 spiro atoms. The summed E-state index contributed by atoms with van der Waals surface area (Å²) in [5, 5.41) is 9.37. The summed E-state index contributed by atoms with van der Waals surface area (Å²) >= 11 is 0. The Labute approximate surface area is 137 Å². The molecular formula is C18H25NO4. The van der Waals surface area contributed by atoms with Gasteiger partial charge in [-0.05, 0) is 39.7 Å². The summed E-state index contributed by atoms with van der Waals surface area (Å²) in [6, 6.07) is 7.51. The number of carboxylic acids is 1. The number of carbonyl (C=O) groups excluding carboxylic acids is 1. The van der Waals surface area contributed by atoms with Crippen molar-refractivity contribution >= 4 is 11.9 Å². The molecule has 0 saturated carbocycles. The number of para-hydroxylation sites is 1. The molecule has 0 bridgehead atoms. The number of benzene rings is 1. The summed E-state index contributed by atoms with van der Waals surface area (Å²) in [6.07, 6.45) is 1.60. The lowest BCUT2D eigenvalue weighted by Gasteiger charge is -2.37. The van der Waals surface area contributed by atoms with Crippen LogP contribution in [0.3, 0.4) is 0 Å². The SMILES string of the molecule is CC(C)Oc1ccccc1CC(=O)N1CCCC(C)(C(=O)O)C1. The average molecular weight is 319 g/mol. The summed E-state index contributed by atoms with van der Waals surface area (Å²) in [5.41, 5.74) is -0.00389. The van der Waals surface area contributed by atoms with Gasteiger partial charge in [0.25, 0.3) is 0 Å². The first kappa shape index (κ1) is 17.3. The van der Waals surface area contributed by atoms with E-state index >= 15 is 0 Å². The molecule has 0 radical (unpaired) electrons. The van der Waals surface area contributed by atoms with Crippen molar-refractivity contribution < 1.29 is 19.4 Å². The number of ether oxygens (including phenoxy) is 1. The number of rotatable bonds is 5. The fourth-order valence-corrected chi connectivity index (χ4v) is 2.92. The highest BCUT2D eigenvalue weighted by Gasteiger charge is 2.39. The zero-order chi connectivity index (χ0) is 17.0. The van der Waals surface area contributed by atoms with Crippen molar-refractivity contribution in [2.75, 3.05) is 13.1 Å². The molecule has 1 fully saturated rings. The molecule has 1 aliphatic rings. The van der Waals surface area contributed by atoms with Crippen LogP contribution in [-0.4, -0.2) is 41.1 Å². The van der Waals surface area contributed by atoms with Crippen LogP contribution in [0.1, 0.15) is 39.2 Å². The summed E-state index contributed by atoms with van der Waals surface area (Å²) in [4.78, 5) is 25.7. The molecule has 23 heavy (non-hydrogen) atoms. The molecule has 0 aromatic heterocycles. The lowest BCUT2D eigenvalue weighted by Crippen LogP contribution is -2.48. The third-order valence-electron chi connectivity index (χ3n) is 4.24. The second-order valence-corrected chi connectivity index (χ2v) is 6.74. The Morgan fingerprint density at radius 1 is 1.35 bits per heavy atom. The number of piperidine rings is 1. The third kappa shape index (κ3) is 4.24. The van der Waals surface area contributed by atoms with E-state index in [1.54, 1.807) is 11.8 Å². The number of likely N-dealkylation sites (tertiary alicyclic amines) is 1. The second kappa shape index (κ2) is 7.02. The Hall–Kier alpha value is -2.04. The van der Waals surface area contributed by atoms with Gasteiger partial charge in [0.05, 0.1) is 17.9 Å². The summed E-state index contributed by atoms with van der Waals surface area (Å²) in [5.74, 6) is -0.163. The van der Waals surface area contributed by atoms with E-state index in [0.29, 0.717) is 18.7 Å². The largest absolute Gasteiger partial charge is 0.491 e. The van der Waals surface area contributed by atoms with E-state index in [-0.39, 0.29) is 25.0 Å². The zero-order valence-corrected chi connectivity index (χ0v) is 14.0. The van der Waals surface area contributed by atoms with Crippen LogP contribution in [0.5, 0.6) is 5.75 Å². The number of hydrogen-bond donors (Lipinski definition) is 1. The highest BCUT2D eigenvalue weighted by Crippen LogP contribution is 2.30. The Balaban J connectivity index is 2.09. The molecule has 2 rings (SSSR count). The van der Waals surface area contributed by atoms with Crippen molar-refractivity contribution in [2.45, 2.75) is 46.1 Å². The van der Waals surface area contributed by atoms with Gasteiger partial charge in [-0.15, -0.1) is 0 Å². The first-order chi connectivity index (χ1) is 10.8. The summed E-state index contributed by atoms with van der Waals surface area (Å²) in [7, 11) is 0. The fourth-order valence-electron chi connectivity index (χ4n) is 2.92. The topological polar surface area (TPSA) is 66.8 Å². The molecule has 1 aliphatic heterocycles. The smallest absolute Gasteiger partial charge is 0.311 e. The van der Waals surface area contributed by atoms with Gasteiger partial charge in [0.2, 0.25) is 5.91 Å². The number of aliphatic carboxylic acids is 1. The van der Waals surface area contributed by atoms with Crippen molar-refractivity contribution in [1.82, 2.24) is 4.90 Å². The number of carboxylic acid groups (broad SMARTS) is 1. The first-order valence-corrected chi connectivity index (χ1v) is 8.07. The monoisotopic (exact) mass is 319 g/mol. The van der Waals surface area contributed by atoms with Crippen LogP contribution in [0.4, 0.5) is 0 Å². The standard InChI is InChI=1S/C18H25NO4/c1-13(2)23-15-8-5-4-7-14(15)11-16(20)19-10-6-9-18(3,12-19)17(21)22/h4-5,7-8,13H,6,9-12H2,1-3H3,(H,21,22). The molecule has 1 heterocycles. The highest BCUT2D eigenvalue weighted by atomic mass is 16.5. The number of hydrogen-bond acceptors (Lipinski definition) is 3. The maximum Gasteiger partial charge on any atom is 0.311 e. The fraction of sp³-hybridized carbons (Fsp3) is 0.556. The maximum absolute atomic E-state index is 12.6. The van der Waals surface area contributed by atoms with Gasteiger partial charge in [0, 0.05) is 18.7 Å². The van der Waals surface area contributed by atoms with Crippen LogP contribution in [-0.2, 0) is 16.0 Å². The van der Waals surface area contributed by atoms with Gasteiger partial charge in [0.1, 0.15) is 5.75 Å². The van der Waals surface area contributed by atoms with Crippen LogP contribution < -0.4 is 4.74 Å². The van der Waals surface area contributed by atoms with Crippen LogP contribution in [0, 0.1) is 5.41 Å². The molecule has 5 heteroatoms. The number of nitrogens with zero attached hydrogens (tertiary/aromatic N) is 1. The predicted molar refractivity (Wildman–Crippen MR) is 87.5 cm³/mol. The first-order valence-electron chi connectivity index (χ1n) is 8.07. The second-order valence-electron chi connectivity index (χ2n) is 6.74. The molecule has 5 nitrogen and oxygen atoms in total. The van der Waals surface area contributed by atoms with Gasteiger partial charge in [-0.2, -0.15) is 0 Å². The molecule has 126 valence electrons. The van der Waals surface area contributed by atoms with E-state index in [9.17, 15) is 14.7 Å². The lowest BCUT2D eigenvalue weighted by molar-refractivity contribution is -0.153. The van der Waals surface area contributed by atoms with Crippen molar-refractivity contribution in [3.05, 3.63) is 29.8 Å². The minimum atomic E-state index is -0.845. The van der Waals surface area contributed by atoms with E-state index in [2.05, 4.69) is 0 Å². The maximum atomic E-state index is 12.6.